The molecule has 0 bridgehead atoms. The van der Waals surface area contributed by atoms with Gasteiger partial charge in [0.2, 0.25) is 17.7 Å². The number of ether oxygens (including phenoxy) is 1. The number of likely N-dealkylation sites (tertiary alicyclic amines) is 2. The monoisotopic (exact) mass is 382 g/mol. The molecule has 2 fully saturated rings. The van der Waals surface area contributed by atoms with Crippen LogP contribution in [-0.4, -0.2) is 53.3 Å². The van der Waals surface area contributed by atoms with Gasteiger partial charge in [-0.3, -0.25) is 19.3 Å². The number of amides is 3. The van der Waals surface area contributed by atoms with Crippen molar-refractivity contribution >= 4 is 17.7 Å². The molecule has 0 N–H and O–H groups in total. The zero-order valence-corrected chi connectivity index (χ0v) is 16.2. The van der Waals surface area contributed by atoms with Crippen molar-refractivity contribution in [3.05, 3.63) is 42.0 Å². The Morgan fingerprint density at radius 2 is 1.71 bits per heavy atom. The molecule has 148 valence electrons. The van der Waals surface area contributed by atoms with E-state index in [1.54, 1.807) is 4.90 Å². The lowest BCUT2D eigenvalue weighted by atomic mass is 9.85. The summed E-state index contributed by atoms with van der Waals surface area (Å²) in [4.78, 5) is 41.0. The van der Waals surface area contributed by atoms with Crippen molar-refractivity contribution in [1.82, 2.24) is 9.80 Å². The van der Waals surface area contributed by atoms with Crippen LogP contribution < -0.4 is 4.74 Å². The SMILES string of the molecule is CCOc1ccccc1CCC(=O)N1CC(N2C(=O)C3CC=CCC3C2=O)C1. The molecule has 0 radical (unpaired) electrons. The lowest BCUT2D eigenvalue weighted by Crippen LogP contribution is -2.62. The topological polar surface area (TPSA) is 66.9 Å². The predicted molar refractivity (Wildman–Crippen MR) is 104 cm³/mol. The van der Waals surface area contributed by atoms with Crippen LogP contribution in [0.2, 0.25) is 0 Å². The van der Waals surface area contributed by atoms with Crippen LogP contribution in [0.1, 0.15) is 31.7 Å². The Bertz CT molecular complexity index is 787. The number of nitrogens with zero attached hydrogens (tertiary/aromatic N) is 2. The number of rotatable bonds is 6. The van der Waals surface area contributed by atoms with Crippen molar-refractivity contribution in [1.29, 1.82) is 0 Å². The highest BCUT2D eigenvalue weighted by Crippen LogP contribution is 2.37. The lowest BCUT2D eigenvalue weighted by Gasteiger charge is -2.43. The van der Waals surface area contributed by atoms with E-state index in [2.05, 4.69) is 0 Å². The minimum absolute atomic E-state index is 0.0536. The van der Waals surface area contributed by atoms with Gasteiger partial charge < -0.3 is 9.64 Å². The van der Waals surface area contributed by atoms with Gasteiger partial charge in [-0.05, 0) is 37.8 Å². The number of benzene rings is 1. The van der Waals surface area contributed by atoms with E-state index in [0.717, 1.165) is 11.3 Å². The molecule has 0 aromatic heterocycles. The maximum absolute atomic E-state index is 12.6. The minimum atomic E-state index is -0.197. The summed E-state index contributed by atoms with van der Waals surface area (Å²) in [5, 5.41) is 0. The van der Waals surface area contributed by atoms with Crippen LogP contribution in [0, 0.1) is 11.8 Å². The molecule has 1 aromatic rings. The van der Waals surface area contributed by atoms with Gasteiger partial charge in [0.25, 0.3) is 0 Å². The number of carbonyl (C=O) groups is 3. The Hall–Kier alpha value is -2.63. The van der Waals surface area contributed by atoms with Crippen molar-refractivity contribution in [2.24, 2.45) is 11.8 Å². The summed E-state index contributed by atoms with van der Waals surface area (Å²) in [5.41, 5.74) is 1.02. The lowest BCUT2D eigenvalue weighted by molar-refractivity contribution is -0.152. The van der Waals surface area contributed by atoms with Crippen LogP contribution in [0.25, 0.3) is 0 Å². The molecule has 0 spiro atoms. The van der Waals surface area contributed by atoms with Crippen molar-refractivity contribution in [3.8, 4) is 5.75 Å². The Balaban J connectivity index is 1.30. The second-order valence-corrected chi connectivity index (χ2v) is 7.70. The molecule has 6 heteroatoms. The molecule has 2 saturated heterocycles. The van der Waals surface area contributed by atoms with Gasteiger partial charge in [0.1, 0.15) is 5.75 Å². The van der Waals surface area contributed by atoms with Crippen LogP contribution in [0.5, 0.6) is 5.75 Å². The first-order chi connectivity index (χ1) is 13.6. The normalized spacial score (nSPS) is 24.3. The van der Waals surface area contributed by atoms with E-state index in [0.29, 0.717) is 45.4 Å². The summed E-state index contributed by atoms with van der Waals surface area (Å²) in [7, 11) is 0. The molecule has 4 rings (SSSR count). The smallest absolute Gasteiger partial charge is 0.233 e. The Kier molecular flexibility index (Phi) is 5.20. The van der Waals surface area contributed by atoms with Gasteiger partial charge in [-0.15, -0.1) is 0 Å². The summed E-state index contributed by atoms with van der Waals surface area (Å²) < 4.78 is 5.61. The molecule has 1 aliphatic carbocycles. The third-order valence-corrected chi connectivity index (χ3v) is 6.00. The molecule has 28 heavy (non-hydrogen) atoms. The van der Waals surface area contributed by atoms with Crippen molar-refractivity contribution in [2.45, 2.75) is 38.6 Å². The first kappa shape index (κ1) is 18.7. The fraction of sp³-hybridized carbons (Fsp3) is 0.500. The summed E-state index contributed by atoms with van der Waals surface area (Å²) in [5.74, 6) is 0.378. The van der Waals surface area contributed by atoms with E-state index in [1.165, 1.54) is 4.90 Å². The van der Waals surface area contributed by atoms with Gasteiger partial charge in [0, 0.05) is 19.5 Å². The Labute approximate surface area is 165 Å². The van der Waals surface area contributed by atoms with E-state index in [4.69, 9.17) is 4.74 Å². The van der Waals surface area contributed by atoms with E-state index in [-0.39, 0.29) is 35.6 Å². The quantitative estimate of drug-likeness (QED) is 0.559. The third-order valence-electron chi connectivity index (χ3n) is 6.00. The van der Waals surface area contributed by atoms with E-state index in [1.807, 2.05) is 43.3 Å². The van der Waals surface area contributed by atoms with E-state index < -0.39 is 0 Å². The highest BCUT2D eigenvalue weighted by molar-refractivity contribution is 6.06. The van der Waals surface area contributed by atoms with Crippen LogP contribution >= 0.6 is 0 Å². The second kappa shape index (κ2) is 7.78. The average molecular weight is 382 g/mol. The summed E-state index contributed by atoms with van der Waals surface area (Å²) in [6.45, 7) is 3.44. The predicted octanol–water partition coefficient (Wildman–Crippen LogP) is 2.18. The van der Waals surface area contributed by atoms with E-state index >= 15 is 0 Å². The molecule has 2 unspecified atom stereocenters. The van der Waals surface area contributed by atoms with Crippen LogP contribution in [0.15, 0.2) is 36.4 Å². The molecule has 2 aliphatic heterocycles. The summed E-state index contributed by atoms with van der Waals surface area (Å²) >= 11 is 0. The van der Waals surface area contributed by atoms with Gasteiger partial charge in [0.05, 0.1) is 24.5 Å². The van der Waals surface area contributed by atoms with Crippen molar-refractivity contribution in [2.75, 3.05) is 19.7 Å². The molecular formula is C22H26N2O4. The number of imide groups is 1. The summed E-state index contributed by atoms with van der Waals surface area (Å²) in [6, 6.07) is 7.61. The van der Waals surface area contributed by atoms with Gasteiger partial charge in [-0.2, -0.15) is 0 Å². The van der Waals surface area contributed by atoms with Gasteiger partial charge in [-0.25, -0.2) is 0 Å². The number of para-hydroxylation sites is 1. The molecule has 2 heterocycles. The molecular weight excluding hydrogens is 356 g/mol. The zero-order chi connectivity index (χ0) is 19.7. The second-order valence-electron chi connectivity index (χ2n) is 7.70. The first-order valence-corrected chi connectivity index (χ1v) is 10.1. The number of hydrogen-bond acceptors (Lipinski definition) is 4. The maximum Gasteiger partial charge on any atom is 0.233 e. The largest absolute Gasteiger partial charge is 0.494 e. The number of hydrogen-bond donors (Lipinski definition) is 0. The fourth-order valence-electron chi connectivity index (χ4n) is 4.41. The Morgan fingerprint density at radius 1 is 1.07 bits per heavy atom. The Morgan fingerprint density at radius 3 is 2.36 bits per heavy atom. The van der Waals surface area contributed by atoms with Gasteiger partial charge >= 0.3 is 0 Å². The highest BCUT2D eigenvalue weighted by atomic mass is 16.5. The number of carbonyl (C=O) groups excluding carboxylic acids is 3. The van der Waals surface area contributed by atoms with Crippen LogP contribution in [0.4, 0.5) is 0 Å². The fourth-order valence-corrected chi connectivity index (χ4v) is 4.41. The van der Waals surface area contributed by atoms with Gasteiger partial charge in [0.15, 0.2) is 0 Å². The highest BCUT2D eigenvalue weighted by Gasteiger charge is 2.52. The molecule has 3 amide bonds. The molecule has 2 atom stereocenters. The van der Waals surface area contributed by atoms with Crippen LogP contribution in [0.3, 0.4) is 0 Å². The van der Waals surface area contributed by atoms with Crippen LogP contribution in [-0.2, 0) is 20.8 Å². The first-order valence-electron chi connectivity index (χ1n) is 10.1. The standard InChI is InChI=1S/C22H26N2O4/c1-2-28-19-10-6-3-7-15(19)11-12-20(25)23-13-16(14-23)24-21(26)17-8-4-5-9-18(17)22(24)27/h3-7,10,16-18H,2,8-9,11-14H2,1H3. The van der Waals surface area contributed by atoms with Crippen molar-refractivity contribution < 1.29 is 19.1 Å². The molecule has 1 aromatic carbocycles. The molecule has 6 nitrogen and oxygen atoms in total. The maximum atomic E-state index is 12.6. The van der Waals surface area contributed by atoms with Crippen molar-refractivity contribution in [3.63, 3.8) is 0 Å². The minimum Gasteiger partial charge on any atom is -0.494 e. The number of fused-ring (bicyclic) bond motifs is 1. The zero-order valence-electron chi connectivity index (χ0n) is 16.2. The molecule has 3 aliphatic rings. The summed E-state index contributed by atoms with van der Waals surface area (Å²) in [6.07, 6.45) is 6.31. The van der Waals surface area contributed by atoms with E-state index in [9.17, 15) is 14.4 Å². The number of allylic oxidation sites excluding steroid dienone is 2. The molecule has 0 saturated carbocycles. The van der Waals surface area contributed by atoms with Gasteiger partial charge in [-0.1, -0.05) is 30.4 Å². The number of aryl methyl sites for hydroxylation is 1. The average Bonchev–Trinajstić information content (AvgIpc) is 2.92. The third kappa shape index (κ3) is 3.32.